The van der Waals surface area contributed by atoms with E-state index in [9.17, 15) is 14.4 Å². The quantitative estimate of drug-likeness (QED) is 0.695. The van der Waals surface area contributed by atoms with Gasteiger partial charge in [0.25, 0.3) is 5.91 Å². The van der Waals surface area contributed by atoms with E-state index in [1.807, 2.05) is 31.2 Å². The molecule has 5 heteroatoms. The zero-order valence-corrected chi connectivity index (χ0v) is 13.6. The van der Waals surface area contributed by atoms with Crippen LogP contribution in [-0.2, 0) is 10.3 Å². The van der Waals surface area contributed by atoms with Gasteiger partial charge in [-0.15, -0.1) is 0 Å². The number of nitrogens with one attached hydrogen (secondary N) is 1. The Morgan fingerprint density at radius 3 is 2.29 bits per heavy atom. The first-order valence-electron chi connectivity index (χ1n) is 7.71. The van der Waals surface area contributed by atoms with Crippen LogP contribution in [0.2, 0.25) is 0 Å². The zero-order chi connectivity index (χ0) is 17.3. The zero-order valence-electron chi connectivity index (χ0n) is 13.6. The van der Waals surface area contributed by atoms with Crippen LogP contribution in [0.4, 0.5) is 4.79 Å². The molecule has 1 aliphatic heterocycles. The van der Waals surface area contributed by atoms with E-state index in [2.05, 4.69) is 5.32 Å². The van der Waals surface area contributed by atoms with E-state index >= 15 is 0 Å². The monoisotopic (exact) mass is 322 g/mol. The van der Waals surface area contributed by atoms with Crippen molar-refractivity contribution in [3.63, 3.8) is 0 Å². The normalized spacial score (nSPS) is 20.2. The van der Waals surface area contributed by atoms with Gasteiger partial charge in [-0.1, -0.05) is 60.2 Å². The summed E-state index contributed by atoms with van der Waals surface area (Å²) < 4.78 is 0. The Hall–Kier alpha value is -2.95. The molecule has 0 aliphatic carbocycles. The molecule has 2 aromatic rings. The molecule has 0 radical (unpaired) electrons. The first-order chi connectivity index (χ1) is 11.4. The van der Waals surface area contributed by atoms with Crippen molar-refractivity contribution in [2.45, 2.75) is 19.4 Å². The lowest BCUT2D eigenvalue weighted by Crippen LogP contribution is -2.41. The summed E-state index contributed by atoms with van der Waals surface area (Å²) in [5.74, 6) is -0.687. The van der Waals surface area contributed by atoms with Gasteiger partial charge >= 0.3 is 6.03 Å². The predicted molar refractivity (Wildman–Crippen MR) is 89.5 cm³/mol. The van der Waals surface area contributed by atoms with E-state index in [-0.39, 0.29) is 12.3 Å². The van der Waals surface area contributed by atoms with E-state index in [0.717, 1.165) is 10.5 Å². The summed E-state index contributed by atoms with van der Waals surface area (Å²) in [6, 6.07) is 15.5. The molecule has 1 atom stereocenters. The molecule has 1 heterocycles. The number of hydrogen-bond acceptors (Lipinski definition) is 3. The van der Waals surface area contributed by atoms with Crippen LogP contribution in [0.3, 0.4) is 0 Å². The third-order valence-electron chi connectivity index (χ3n) is 4.30. The number of carbonyl (C=O) groups is 3. The minimum atomic E-state index is -1.15. The molecule has 0 aromatic heterocycles. The summed E-state index contributed by atoms with van der Waals surface area (Å²) in [6.45, 7) is 3.34. The molecule has 0 bridgehead atoms. The third kappa shape index (κ3) is 2.69. The number of rotatable bonds is 4. The maximum Gasteiger partial charge on any atom is 0.325 e. The third-order valence-corrected chi connectivity index (χ3v) is 4.30. The molecule has 3 rings (SSSR count). The second-order valence-corrected chi connectivity index (χ2v) is 6.10. The van der Waals surface area contributed by atoms with Crippen LogP contribution in [0.1, 0.15) is 28.4 Å². The van der Waals surface area contributed by atoms with Crippen molar-refractivity contribution in [1.29, 1.82) is 0 Å². The van der Waals surface area contributed by atoms with E-state index in [4.69, 9.17) is 0 Å². The summed E-state index contributed by atoms with van der Waals surface area (Å²) >= 11 is 0. The molecule has 2 aromatic carbocycles. The first kappa shape index (κ1) is 15.9. The fraction of sp³-hybridized carbons (Fsp3) is 0.211. The van der Waals surface area contributed by atoms with Crippen LogP contribution in [0.5, 0.6) is 0 Å². The molecule has 122 valence electrons. The number of urea groups is 1. The molecular weight excluding hydrogens is 304 g/mol. The number of ketones is 1. The lowest BCUT2D eigenvalue weighted by Gasteiger charge is -2.22. The van der Waals surface area contributed by atoms with Gasteiger partial charge in [-0.2, -0.15) is 0 Å². The molecule has 0 saturated carbocycles. The number of benzene rings is 2. The molecule has 1 fully saturated rings. The lowest BCUT2D eigenvalue weighted by molar-refractivity contribution is -0.130. The van der Waals surface area contributed by atoms with E-state index in [1.165, 1.54) is 0 Å². The first-order valence-corrected chi connectivity index (χ1v) is 7.71. The van der Waals surface area contributed by atoms with Gasteiger partial charge < -0.3 is 5.32 Å². The number of Topliss-reactive ketones (excluding diaryl/α,β-unsaturated/α-hetero) is 1. The van der Waals surface area contributed by atoms with Crippen LogP contribution in [0.15, 0.2) is 54.6 Å². The highest BCUT2D eigenvalue weighted by atomic mass is 16.2. The average molecular weight is 322 g/mol. The van der Waals surface area contributed by atoms with Gasteiger partial charge in [0, 0.05) is 5.56 Å². The van der Waals surface area contributed by atoms with Crippen LogP contribution in [0.25, 0.3) is 0 Å². The Morgan fingerprint density at radius 2 is 1.67 bits per heavy atom. The van der Waals surface area contributed by atoms with Crippen LogP contribution in [-0.4, -0.2) is 29.2 Å². The van der Waals surface area contributed by atoms with Gasteiger partial charge in [-0.3, -0.25) is 14.5 Å². The number of nitrogens with zero attached hydrogens (tertiary/aromatic N) is 1. The minimum absolute atomic E-state index is 0.268. The Balaban J connectivity index is 1.84. The Bertz CT molecular complexity index is 799. The second-order valence-electron chi connectivity index (χ2n) is 6.10. The highest BCUT2D eigenvalue weighted by Crippen LogP contribution is 2.29. The number of imide groups is 1. The van der Waals surface area contributed by atoms with Gasteiger partial charge in [0.05, 0.1) is 6.54 Å². The van der Waals surface area contributed by atoms with Gasteiger partial charge in [0.1, 0.15) is 5.54 Å². The predicted octanol–water partition coefficient (Wildman–Crippen LogP) is 2.64. The summed E-state index contributed by atoms with van der Waals surface area (Å²) in [5, 5.41) is 2.71. The Labute approximate surface area is 140 Å². The molecular formula is C19H18N2O3. The van der Waals surface area contributed by atoms with Gasteiger partial charge in [-0.05, 0) is 19.4 Å². The van der Waals surface area contributed by atoms with Gasteiger partial charge in [0.15, 0.2) is 5.78 Å². The Morgan fingerprint density at radius 1 is 1.04 bits per heavy atom. The fourth-order valence-electron chi connectivity index (χ4n) is 2.78. The van der Waals surface area contributed by atoms with E-state index < -0.39 is 17.5 Å². The summed E-state index contributed by atoms with van der Waals surface area (Å²) in [6.07, 6.45) is 0. The average Bonchev–Trinajstić information content (AvgIpc) is 2.80. The van der Waals surface area contributed by atoms with E-state index in [0.29, 0.717) is 11.1 Å². The minimum Gasteiger partial charge on any atom is -0.319 e. The summed E-state index contributed by atoms with van der Waals surface area (Å²) in [5.41, 5.74) is 1.08. The summed E-state index contributed by atoms with van der Waals surface area (Å²) in [7, 11) is 0. The lowest BCUT2D eigenvalue weighted by atomic mass is 9.91. The van der Waals surface area contributed by atoms with Crippen LogP contribution >= 0.6 is 0 Å². The standard InChI is InChI=1S/C19H18N2O3/c1-13-8-10-15(11-9-13)19(2)17(23)21(18(24)20-19)12-16(22)14-6-4-3-5-7-14/h3-11H,12H2,1-2H3,(H,20,24)/t19-/m0/s1. The SMILES string of the molecule is Cc1ccc([C@]2(C)NC(=O)N(CC(=O)c3ccccc3)C2=O)cc1. The molecule has 0 unspecified atom stereocenters. The maximum atomic E-state index is 12.8. The van der Waals surface area contributed by atoms with Crippen molar-refractivity contribution in [2.24, 2.45) is 0 Å². The largest absolute Gasteiger partial charge is 0.325 e. The summed E-state index contributed by atoms with van der Waals surface area (Å²) in [4.78, 5) is 38.3. The van der Waals surface area contributed by atoms with E-state index in [1.54, 1.807) is 37.3 Å². The van der Waals surface area contributed by atoms with Crippen molar-refractivity contribution >= 4 is 17.7 Å². The smallest absolute Gasteiger partial charge is 0.319 e. The molecule has 5 nitrogen and oxygen atoms in total. The van der Waals surface area contributed by atoms with Crippen LogP contribution in [0, 0.1) is 6.92 Å². The van der Waals surface area contributed by atoms with Crippen molar-refractivity contribution < 1.29 is 14.4 Å². The molecule has 3 amide bonds. The molecule has 1 N–H and O–H groups in total. The van der Waals surface area contributed by atoms with Crippen molar-refractivity contribution in [3.05, 3.63) is 71.3 Å². The van der Waals surface area contributed by atoms with Crippen molar-refractivity contribution in [2.75, 3.05) is 6.54 Å². The highest BCUT2D eigenvalue weighted by molar-refractivity contribution is 6.11. The maximum absolute atomic E-state index is 12.8. The molecule has 1 saturated heterocycles. The number of amides is 3. The van der Waals surface area contributed by atoms with Crippen molar-refractivity contribution in [3.8, 4) is 0 Å². The van der Waals surface area contributed by atoms with Crippen LogP contribution < -0.4 is 5.32 Å². The van der Waals surface area contributed by atoms with Crippen molar-refractivity contribution in [1.82, 2.24) is 10.2 Å². The number of hydrogen-bond donors (Lipinski definition) is 1. The fourth-order valence-corrected chi connectivity index (χ4v) is 2.78. The Kier molecular flexibility index (Phi) is 3.93. The number of aryl methyl sites for hydroxylation is 1. The second kappa shape index (κ2) is 5.92. The number of carbonyl (C=O) groups excluding carboxylic acids is 3. The van der Waals surface area contributed by atoms with Gasteiger partial charge in [-0.25, -0.2) is 4.79 Å². The molecule has 0 spiro atoms. The topological polar surface area (TPSA) is 66.5 Å². The molecule has 24 heavy (non-hydrogen) atoms. The highest BCUT2D eigenvalue weighted by Gasteiger charge is 2.49. The van der Waals surface area contributed by atoms with Gasteiger partial charge in [0.2, 0.25) is 0 Å². The molecule has 1 aliphatic rings.